The molecule has 0 radical (unpaired) electrons. The number of fused-ring (bicyclic) bond motifs is 2. The van der Waals surface area contributed by atoms with E-state index in [1.54, 1.807) is 22.9 Å². The van der Waals surface area contributed by atoms with E-state index >= 15 is 0 Å². The van der Waals surface area contributed by atoms with Crippen molar-refractivity contribution in [3.63, 3.8) is 0 Å². The molecule has 1 saturated heterocycles. The van der Waals surface area contributed by atoms with E-state index < -0.39 is 11.5 Å². The van der Waals surface area contributed by atoms with Gasteiger partial charge in [0.1, 0.15) is 5.41 Å². The Morgan fingerprint density at radius 3 is 2.52 bits per heavy atom. The molecule has 1 aromatic heterocycles. The Hall–Kier alpha value is -3.67. The number of hydrogen-bond acceptors (Lipinski definition) is 3. The van der Waals surface area contributed by atoms with Crippen molar-refractivity contribution in [3.05, 3.63) is 100 Å². The highest BCUT2D eigenvalue weighted by atomic mass is 16.2. The molecule has 2 amide bonds. The van der Waals surface area contributed by atoms with Gasteiger partial charge in [0.25, 0.3) is 5.56 Å². The normalized spacial score (nSPS) is 21.9. The second-order valence-corrected chi connectivity index (χ2v) is 8.10. The molecule has 0 saturated carbocycles. The van der Waals surface area contributed by atoms with Crippen molar-refractivity contribution >= 4 is 17.5 Å². The number of pyridine rings is 1. The van der Waals surface area contributed by atoms with Crippen LogP contribution < -0.4 is 10.9 Å². The summed E-state index contributed by atoms with van der Waals surface area (Å²) in [4.78, 5) is 40.5. The molecule has 3 aromatic rings. The highest BCUT2D eigenvalue weighted by molar-refractivity contribution is 6.07. The number of para-hydroxylation sites is 1. The van der Waals surface area contributed by atoms with E-state index in [-0.39, 0.29) is 23.8 Å². The second-order valence-electron chi connectivity index (χ2n) is 8.10. The van der Waals surface area contributed by atoms with E-state index in [1.165, 1.54) is 6.07 Å². The van der Waals surface area contributed by atoms with Gasteiger partial charge in [0.05, 0.1) is 6.04 Å². The van der Waals surface area contributed by atoms with Crippen LogP contribution in [-0.4, -0.2) is 27.8 Å². The van der Waals surface area contributed by atoms with E-state index in [9.17, 15) is 14.4 Å². The third-order valence-corrected chi connectivity index (χ3v) is 6.49. The monoisotopic (exact) mass is 413 g/mol. The van der Waals surface area contributed by atoms with Gasteiger partial charge in [-0.1, -0.05) is 54.6 Å². The maximum absolute atomic E-state index is 13.4. The fraction of sp³-hybridized carbons (Fsp3) is 0.240. The lowest BCUT2D eigenvalue weighted by atomic mass is 9.72. The van der Waals surface area contributed by atoms with Crippen LogP contribution in [0.2, 0.25) is 0 Å². The number of nitrogens with one attached hydrogen (secondary N) is 1. The van der Waals surface area contributed by atoms with Crippen LogP contribution in [0.25, 0.3) is 0 Å². The summed E-state index contributed by atoms with van der Waals surface area (Å²) in [5.74, 6) is -0.115. The fourth-order valence-corrected chi connectivity index (χ4v) is 5.06. The molecule has 2 aromatic carbocycles. The minimum atomic E-state index is -0.808. The quantitative estimate of drug-likeness (QED) is 0.715. The number of anilines is 1. The molecule has 1 fully saturated rings. The van der Waals surface area contributed by atoms with Gasteiger partial charge in [-0.3, -0.25) is 14.4 Å². The number of amides is 2. The summed E-state index contributed by atoms with van der Waals surface area (Å²) in [7, 11) is 0. The van der Waals surface area contributed by atoms with Gasteiger partial charge in [-0.15, -0.1) is 0 Å². The number of carbonyl (C=O) groups is 2. The van der Waals surface area contributed by atoms with E-state index in [0.29, 0.717) is 19.5 Å². The minimum Gasteiger partial charge on any atom is -0.334 e. The maximum Gasteiger partial charge on any atom is 0.250 e. The second kappa shape index (κ2) is 7.54. The predicted octanol–water partition coefficient (Wildman–Crippen LogP) is 3.10. The molecule has 156 valence electrons. The first-order valence-electron chi connectivity index (χ1n) is 10.5. The van der Waals surface area contributed by atoms with Crippen molar-refractivity contribution in [1.29, 1.82) is 0 Å². The molecule has 1 N–H and O–H groups in total. The first-order valence-corrected chi connectivity index (χ1v) is 10.5. The molecule has 0 aliphatic carbocycles. The molecule has 2 aliphatic rings. The first-order chi connectivity index (χ1) is 15.1. The number of aryl methyl sites for hydroxylation is 1. The Kier molecular flexibility index (Phi) is 4.70. The standard InChI is InChI=1S/C25H23N3O3/c29-21-12-6-7-15-27(21)16-13-22(30)28-17-14-25(23(28)18-8-2-1-3-9-18)19-10-4-5-11-20(19)26-24(25)31/h1-12,15,23H,13-14,16-17H2,(H,26,31)/t23-,25+/m0/s1. The third kappa shape index (κ3) is 3.06. The highest BCUT2D eigenvalue weighted by Gasteiger charge is 2.59. The zero-order valence-corrected chi connectivity index (χ0v) is 17.0. The van der Waals surface area contributed by atoms with Crippen molar-refractivity contribution in [2.75, 3.05) is 11.9 Å². The smallest absolute Gasteiger partial charge is 0.250 e. The van der Waals surface area contributed by atoms with Crippen LogP contribution in [0.15, 0.2) is 83.8 Å². The average Bonchev–Trinajstić information content (AvgIpc) is 3.33. The lowest BCUT2D eigenvalue weighted by Crippen LogP contribution is -2.42. The van der Waals surface area contributed by atoms with Gasteiger partial charge in [0.15, 0.2) is 0 Å². The van der Waals surface area contributed by atoms with Crippen LogP contribution in [0.3, 0.4) is 0 Å². The van der Waals surface area contributed by atoms with Crippen molar-refractivity contribution in [2.24, 2.45) is 0 Å². The predicted molar refractivity (Wildman–Crippen MR) is 118 cm³/mol. The summed E-state index contributed by atoms with van der Waals surface area (Å²) < 4.78 is 1.54. The van der Waals surface area contributed by atoms with Crippen LogP contribution in [0.1, 0.15) is 30.0 Å². The van der Waals surface area contributed by atoms with Gasteiger partial charge < -0.3 is 14.8 Å². The molecule has 0 bridgehead atoms. The van der Waals surface area contributed by atoms with Crippen LogP contribution in [0.5, 0.6) is 0 Å². The lowest BCUT2D eigenvalue weighted by molar-refractivity contribution is -0.133. The van der Waals surface area contributed by atoms with E-state index in [4.69, 9.17) is 0 Å². The van der Waals surface area contributed by atoms with Gasteiger partial charge in [-0.05, 0) is 29.7 Å². The number of hydrogen-bond donors (Lipinski definition) is 1. The fourth-order valence-electron chi connectivity index (χ4n) is 5.06. The molecule has 5 rings (SSSR count). The number of rotatable bonds is 4. The molecule has 31 heavy (non-hydrogen) atoms. The number of nitrogens with zero attached hydrogens (tertiary/aromatic N) is 2. The van der Waals surface area contributed by atoms with Crippen LogP contribution in [0.4, 0.5) is 5.69 Å². The first kappa shape index (κ1) is 19.3. The molecular formula is C25H23N3O3. The van der Waals surface area contributed by atoms with Crippen molar-refractivity contribution < 1.29 is 9.59 Å². The van der Waals surface area contributed by atoms with Crippen LogP contribution >= 0.6 is 0 Å². The Morgan fingerprint density at radius 1 is 0.968 bits per heavy atom. The zero-order chi connectivity index (χ0) is 21.4. The van der Waals surface area contributed by atoms with Crippen molar-refractivity contribution in [1.82, 2.24) is 9.47 Å². The molecule has 6 heteroatoms. The van der Waals surface area contributed by atoms with Gasteiger partial charge >= 0.3 is 0 Å². The molecule has 2 atom stereocenters. The minimum absolute atomic E-state index is 0.0568. The molecule has 1 spiro atoms. The summed E-state index contributed by atoms with van der Waals surface area (Å²) in [5.41, 5.74) is 1.77. The van der Waals surface area contributed by atoms with Crippen molar-refractivity contribution in [2.45, 2.75) is 30.8 Å². The topological polar surface area (TPSA) is 71.4 Å². The molecule has 6 nitrogen and oxygen atoms in total. The Morgan fingerprint density at radius 2 is 1.71 bits per heavy atom. The van der Waals surface area contributed by atoms with E-state index in [1.807, 2.05) is 59.5 Å². The summed E-state index contributed by atoms with van der Waals surface area (Å²) in [6.07, 6.45) is 2.45. The molecule has 2 aliphatic heterocycles. The average molecular weight is 413 g/mol. The highest BCUT2D eigenvalue weighted by Crippen LogP contribution is 2.54. The van der Waals surface area contributed by atoms with Gasteiger partial charge in [-0.2, -0.15) is 0 Å². The lowest BCUT2D eigenvalue weighted by Gasteiger charge is -2.34. The Labute approximate surface area is 180 Å². The van der Waals surface area contributed by atoms with Crippen molar-refractivity contribution in [3.8, 4) is 0 Å². The number of aromatic nitrogens is 1. The van der Waals surface area contributed by atoms with Crippen LogP contribution in [0, 0.1) is 0 Å². The Balaban J connectivity index is 1.51. The van der Waals surface area contributed by atoms with E-state index in [2.05, 4.69) is 5.32 Å². The van der Waals surface area contributed by atoms with Gasteiger partial charge in [-0.25, -0.2) is 0 Å². The number of likely N-dealkylation sites (tertiary alicyclic amines) is 1. The molecule has 3 heterocycles. The van der Waals surface area contributed by atoms with Crippen LogP contribution in [-0.2, 0) is 21.5 Å². The van der Waals surface area contributed by atoms with Gasteiger partial charge in [0.2, 0.25) is 11.8 Å². The SMILES string of the molecule is O=C(CCn1ccccc1=O)N1CC[C@]2(C(=O)Nc3ccccc32)[C@@H]1c1ccccc1. The largest absolute Gasteiger partial charge is 0.334 e. The molecule has 0 unspecified atom stereocenters. The number of carbonyl (C=O) groups excluding carboxylic acids is 2. The van der Waals surface area contributed by atoms with E-state index in [0.717, 1.165) is 16.8 Å². The summed E-state index contributed by atoms with van der Waals surface area (Å²) in [5, 5.41) is 3.03. The van der Waals surface area contributed by atoms with Gasteiger partial charge in [0, 0.05) is 37.5 Å². The zero-order valence-electron chi connectivity index (χ0n) is 17.0. The molecular weight excluding hydrogens is 390 g/mol. The summed E-state index contributed by atoms with van der Waals surface area (Å²) in [6, 6.07) is 22.1. The summed E-state index contributed by atoms with van der Waals surface area (Å²) >= 11 is 0. The Bertz CT molecular complexity index is 1200. The number of benzene rings is 2. The maximum atomic E-state index is 13.4. The summed E-state index contributed by atoms with van der Waals surface area (Å²) in [6.45, 7) is 0.802. The third-order valence-electron chi connectivity index (χ3n) is 6.49.